The molecule has 0 radical (unpaired) electrons. The molecule has 1 aliphatic heterocycles. The molecular weight excluding hydrogens is 408 g/mol. The molecule has 0 bridgehead atoms. The van der Waals surface area contributed by atoms with E-state index in [0.717, 1.165) is 75.8 Å². The van der Waals surface area contributed by atoms with Crippen LogP contribution in [-0.2, 0) is 4.79 Å². The van der Waals surface area contributed by atoms with Crippen molar-refractivity contribution in [3.63, 3.8) is 0 Å². The lowest BCUT2D eigenvalue weighted by Crippen LogP contribution is -2.49. The smallest absolute Gasteiger partial charge is 0.348 e. The number of aromatic carboxylic acids is 1. The molecule has 2 aliphatic carbocycles. The van der Waals surface area contributed by atoms with E-state index in [1.54, 1.807) is 0 Å². The first kappa shape index (κ1) is 22.5. The maximum Gasteiger partial charge on any atom is 0.348 e. The largest absolute Gasteiger partial charge is 0.477 e. The number of likely N-dealkylation sites (tertiary alicyclic amines) is 1. The zero-order valence-corrected chi connectivity index (χ0v) is 19.8. The molecule has 1 saturated carbocycles. The van der Waals surface area contributed by atoms with Gasteiger partial charge in [0.05, 0.1) is 5.69 Å². The topological polar surface area (TPSA) is 60.9 Å². The van der Waals surface area contributed by atoms with Crippen molar-refractivity contribution in [2.75, 3.05) is 25.0 Å². The maximum absolute atomic E-state index is 13.9. The van der Waals surface area contributed by atoms with Crippen LogP contribution in [0.5, 0.6) is 0 Å². The highest BCUT2D eigenvalue weighted by atomic mass is 32.1. The van der Waals surface area contributed by atoms with Gasteiger partial charge in [-0.2, -0.15) is 0 Å². The van der Waals surface area contributed by atoms with E-state index in [1.165, 1.54) is 23.3 Å². The molecule has 170 valence electrons. The Hall–Kier alpha value is -1.66. The van der Waals surface area contributed by atoms with Gasteiger partial charge >= 0.3 is 5.97 Å². The molecule has 31 heavy (non-hydrogen) atoms. The second-order valence-electron chi connectivity index (χ2n) is 9.80. The van der Waals surface area contributed by atoms with E-state index >= 15 is 0 Å². The van der Waals surface area contributed by atoms with E-state index in [0.29, 0.717) is 16.5 Å². The second kappa shape index (κ2) is 9.86. The highest BCUT2D eigenvalue weighted by Crippen LogP contribution is 2.41. The zero-order chi connectivity index (χ0) is 22.0. The summed E-state index contributed by atoms with van der Waals surface area (Å²) in [5.74, 6) is -0.0484. The predicted molar refractivity (Wildman–Crippen MR) is 127 cm³/mol. The Morgan fingerprint density at radius 1 is 1.10 bits per heavy atom. The fraction of sp³-hybridized carbons (Fsp3) is 0.680. The standard InChI is InChI=1S/C25H36N2O3S/c1-17-8-10-19(11-9-17)24(28)27(20-12-14-26(2)15-13-20)21-16-22(31-23(21)25(29)30)18-6-4-3-5-7-18/h6,16-17,19-20H,3-5,7-15H2,1-2H3,(H,29,30)/t17-,19-. The van der Waals surface area contributed by atoms with Gasteiger partial charge in [-0.25, -0.2) is 4.79 Å². The lowest BCUT2D eigenvalue weighted by Gasteiger charge is -2.39. The Kier molecular flexibility index (Phi) is 7.17. The Bertz CT molecular complexity index is 830. The minimum absolute atomic E-state index is 0.0229. The number of rotatable bonds is 5. The number of nitrogens with zero attached hydrogens (tertiary/aromatic N) is 2. The van der Waals surface area contributed by atoms with Crippen LogP contribution in [0.3, 0.4) is 0 Å². The number of anilines is 1. The average Bonchev–Trinajstić information content (AvgIpc) is 3.22. The van der Waals surface area contributed by atoms with Crippen molar-refractivity contribution in [1.82, 2.24) is 4.90 Å². The van der Waals surface area contributed by atoms with Crippen molar-refractivity contribution >= 4 is 34.5 Å². The van der Waals surface area contributed by atoms with Gasteiger partial charge in [0.1, 0.15) is 4.88 Å². The number of carboxylic acids is 1. The van der Waals surface area contributed by atoms with Gasteiger partial charge in [0, 0.05) is 16.8 Å². The fourth-order valence-corrected chi connectivity index (χ4v) is 6.44. The molecule has 0 spiro atoms. The number of carbonyl (C=O) groups excluding carboxylic acids is 1. The van der Waals surface area contributed by atoms with Gasteiger partial charge in [-0.15, -0.1) is 11.3 Å². The maximum atomic E-state index is 13.9. The molecule has 1 saturated heterocycles. The quantitative estimate of drug-likeness (QED) is 0.637. The number of hydrogen-bond donors (Lipinski definition) is 1. The highest BCUT2D eigenvalue weighted by Gasteiger charge is 2.37. The number of carboxylic acid groups (broad SMARTS) is 1. The van der Waals surface area contributed by atoms with Crippen molar-refractivity contribution in [2.45, 2.75) is 77.2 Å². The van der Waals surface area contributed by atoms with Crippen molar-refractivity contribution in [1.29, 1.82) is 0 Å². The van der Waals surface area contributed by atoms with Crippen LogP contribution in [0.2, 0.25) is 0 Å². The molecule has 6 heteroatoms. The lowest BCUT2D eigenvalue weighted by molar-refractivity contribution is -0.124. The summed E-state index contributed by atoms with van der Waals surface area (Å²) in [4.78, 5) is 31.7. The van der Waals surface area contributed by atoms with Gasteiger partial charge < -0.3 is 14.9 Å². The van der Waals surface area contributed by atoms with E-state index in [-0.39, 0.29) is 17.9 Å². The Morgan fingerprint density at radius 2 is 1.81 bits per heavy atom. The van der Waals surface area contributed by atoms with E-state index in [4.69, 9.17) is 0 Å². The van der Waals surface area contributed by atoms with Gasteiger partial charge in [0.2, 0.25) is 5.91 Å². The molecule has 5 nitrogen and oxygen atoms in total. The van der Waals surface area contributed by atoms with Crippen LogP contribution >= 0.6 is 11.3 Å². The molecule has 1 aromatic heterocycles. The van der Waals surface area contributed by atoms with E-state index < -0.39 is 5.97 Å². The van der Waals surface area contributed by atoms with E-state index in [2.05, 4.69) is 24.9 Å². The molecule has 2 heterocycles. The predicted octanol–water partition coefficient (Wildman–Crippen LogP) is 5.66. The second-order valence-corrected chi connectivity index (χ2v) is 10.9. The molecule has 1 amide bonds. The number of hydrogen-bond acceptors (Lipinski definition) is 4. The molecule has 2 fully saturated rings. The molecule has 3 aliphatic rings. The fourth-order valence-electron chi connectivity index (χ4n) is 5.39. The number of amides is 1. The minimum atomic E-state index is -0.911. The Morgan fingerprint density at radius 3 is 2.42 bits per heavy atom. The van der Waals surface area contributed by atoms with Crippen LogP contribution in [0.4, 0.5) is 5.69 Å². The summed E-state index contributed by atoms with van der Waals surface area (Å²) in [5, 5.41) is 10.0. The van der Waals surface area contributed by atoms with Gasteiger partial charge in [0.15, 0.2) is 0 Å². The van der Waals surface area contributed by atoms with Crippen LogP contribution in [-0.4, -0.2) is 48.1 Å². The first-order chi connectivity index (χ1) is 14.9. The van der Waals surface area contributed by atoms with Crippen molar-refractivity contribution in [2.24, 2.45) is 11.8 Å². The van der Waals surface area contributed by atoms with Crippen LogP contribution < -0.4 is 4.90 Å². The van der Waals surface area contributed by atoms with Crippen LogP contribution in [0.1, 0.15) is 85.7 Å². The first-order valence-corrected chi connectivity index (χ1v) is 12.8. The van der Waals surface area contributed by atoms with Crippen LogP contribution in [0, 0.1) is 11.8 Å². The molecule has 1 aromatic rings. The van der Waals surface area contributed by atoms with Crippen LogP contribution in [0.15, 0.2) is 12.1 Å². The summed E-state index contributed by atoms with van der Waals surface area (Å²) in [7, 11) is 2.12. The van der Waals surface area contributed by atoms with Gasteiger partial charge in [-0.1, -0.05) is 13.0 Å². The Balaban J connectivity index is 1.70. The number of thiophene rings is 1. The SMILES string of the molecule is CN1CCC(N(c2cc(C3=CCCCC3)sc2C(=O)O)C(=O)[C@H]2CC[C@H](C)CC2)CC1. The average molecular weight is 445 g/mol. The summed E-state index contributed by atoms with van der Waals surface area (Å²) in [6.45, 7) is 4.16. The molecule has 0 atom stereocenters. The van der Waals surface area contributed by atoms with Gasteiger partial charge in [-0.3, -0.25) is 4.79 Å². The number of carbonyl (C=O) groups is 2. The summed E-state index contributed by atoms with van der Waals surface area (Å²) in [6.07, 6.45) is 12.5. The van der Waals surface area contributed by atoms with Crippen molar-refractivity contribution in [3.8, 4) is 0 Å². The third-order valence-corrected chi connectivity index (χ3v) is 8.62. The lowest BCUT2D eigenvalue weighted by atomic mass is 9.82. The summed E-state index contributed by atoms with van der Waals surface area (Å²) in [5.41, 5.74) is 1.91. The highest BCUT2D eigenvalue weighted by molar-refractivity contribution is 7.15. The molecule has 0 aromatic carbocycles. The van der Waals surface area contributed by atoms with Gasteiger partial charge in [-0.05, 0) is 102 Å². The molecule has 0 unspecified atom stereocenters. The summed E-state index contributed by atoms with van der Waals surface area (Å²) >= 11 is 1.36. The summed E-state index contributed by atoms with van der Waals surface area (Å²) < 4.78 is 0. The first-order valence-electron chi connectivity index (χ1n) is 12.0. The summed E-state index contributed by atoms with van der Waals surface area (Å²) in [6, 6.07) is 2.11. The molecular formula is C25H36N2O3S. The minimum Gasteiger partial charge on any atom is -0.477 e. The van der Waals surface area contributed by atoms with Crippen molar-refractivity contribution < 1.29 is 14.7 Å². The van der Waals surface area contributed by atoms with Gasteiger partial charge in [0.25, 0.3) is 0 Å². The molecule has 4 rings (SSSR count). The number of piperidine rings is 1. The third-order valence-electron chi connectivity index (χ3n) is 7.43. The zero-order valence-electron chi connectivity index (χ0n) is 18.9. The van der Waals surface area contributed by atoms with Crippen molar-refractivity contribution in [3.05, 3.63) is 21.9 Å². The van der Waals surface area contributed by atoms with E-state index in [1.807, 2.05) is 11.0 Å². The molecule has 1 N–H and O–H groups in total. The monoisotopic (exact) mass is 444 g/mol. The third kappa shape index (κ3) is 5.06. The normalized spacial score (nSPS) is 25.8. The van der Waals surface area contributed by atoms with E-state index in [9.17, 15) is 14.7 Å². The number of allylic oxidation sites excluding steroid dienone is 2. The van der Waals surface area contributed by atoms with Crippen LogP contribution in [0.25, 0.3) is 5.57 Å². The Labute approximate surface area is 190 Å².